The van der Waals surface area contributed by atoms with Crippen molar-refractivity contribution in [3.63, 3.8) is 0 Å². The van der Waals surface area contributed by atoms with Crippen molar-refractivity contribution in [3.05, 3.63) is 53.1 Å². The molecule has 0 amide bonds. The predicted octanol–water partition coefficient (Wildman–Crippen LogP) is 3.03. The van der Waals surface area contributed by atoms with Gasteiger partial charge in [0, 0.05) is 11.3 Å². The molecule has 0 spiro atoms. The van der Waals surface area contributed by atoms with Crippen LogP contribution in [0.1, 0.15) is 5.56 Å². The SMILES string of the molecule is CS(=O)(=O)c1cc(CO)ccc1Oc1ccc(Cl)cc1. The Morgan fingerprint density at radius 1 is 1.15 bits per heavy atom. The molecule has 0 aliphatic carbocycles. The smallest absolute Gasteiger partial charge is 0.179 e. The molecule has 0 saturated carbocycles. The Hall–Kier alpha value is -1.56. The summed E-state index contributed by atoms with van der Waals surface area (Å²) in [5, 5.41) is 9.65. The van der Waals surface area contributed by atoms with Crippen LogP contribution in [0, 0.1) is 0 Å². The maximum absolute atomic E-state index is 11.8. The molecule has 1 N–H and O–H groups in total. The Balaban J connectivity index is 2.43. The molecular weight excluding hydrogens is 300 g/mol. The van der Waals surface area contributed by atoms with E-state index in [4.69, 9.17) is 21.4 Å². The highest BCUT2D eigenvalue weighted by Gasteiger charge is 2.16. The first-order valence-electron chi connectivity index (χ1n) is 5.77. The van der Waals surface area contributed by atoms with E-state index in [1.54, 1.807) is 30.3 Å². The minimum atomic E-state index is -3.46. The molecule has 0 bridgehead atoms. The summed E-state index contributed by atoms with van der Waals surface area (Å²) in [5.74, 6) is 0.697. The van der Waals surface area contributed by atoms with Crippen LogP contribution in [0.2, 0.25) is 5.02 Å². The molecule has 0 fully saturated rings. The van der Waals surface area contributed by atoms with Gasteiger partial charge in [-0.05, 0) is 42.0 Å². The van der Waals surface area contributed by atoms with E-state index in [9.17, 15) is 8.42 Å². The second-order valence-corrected chi connectivity index (χ2v) is 6.69. The third-order valence-electron chi connectivity index (χ3n) is 2.63. The highest BCUT2D eigenvalue weighted by Crippen LogP contribution is 2.30. The molecule has 0 radical (unpaired) electrons. The second kappa shape index (κ2) is 5.83. The van der Waals surface area contributed by atoms with Gasteiger partial charge in [0.05, 0.1) is 6.61 Å². The maximum Gasteiger partial charge on any atom is 0.179 e. The van der Waals surface area contributed by atoms with E-state index in [2.05, 4.69) is 0 Å². The molecule has 0 aliphatic rings. The minimum absolute atomic E-state index is 0.0407. The molecule has 6 heteroatoms. The van der Waals surface area contributed by atoms with Crippen LogP contribution in [0.5, 0.6) is 11.5 Å². The molecule has 0 heterocycles. The van der Waals surface area contributed by atoms with Gasteiger partial charge in [-0.1, -0.05) is 17.7 Å². The lowest BCUT2D eigenvalue weighted by molar-refractivity contribution is 0.281. The normalized spacial score (nSPS) is 11.3. The summed E-state index contributed by atoms with van der Waals surface area (Å²) in [4.78, 5) is 0.0407. The van der Waals surface area contributed by atoms with Crippen molar-refractivity contribution >= 4 is 21.4 Å². The summed E-state index contributed by atoms with van der Waals surface area (Å²) in [6.45, 7) is -0.232. The van der Waals surface area contributed by atoms with Gasteiger partial charge < -0.3 is 9.84 Å². The first-order valence-corrected chi connectivity index (χ1v) is 8.04. The van der Waals surface area contributed by atoms with Crippen LogP contribution >= 0.6 is 11.6 Å². The Bertz CT molecular complexity index is 708. The highest BCUT2D eigenvalue weighted by atomic mass is 35.5. The standard InChI is InChI=1S/C14H13ClO4S/c1-20(17,18)14-8-10(9-16)2-7-13(14)19-12-5-3-11(15)4-6-12/h2-8,16H,9H2,1H3. The molecule has 0 atom stereocenters. The van der Waals surface area contributed by atoms with Crippen molar-refractivity contribution in [1.82, 2.24) is 0 Å². The van der Waals surface area contributed by atoms with Crippen LogP contribution < -0.4 is 4.74 Å². The van der Waals surface area contributed by atoms with E-state index < -0.39 is 9.84 Å². The highest BCUT2D eigenvalue weighted by molar-refractivity contribution is 7.90. The number of hydrogen-bond donors (Lipinski definition) is 1. The Labute approximate surface area is 122 Å². The molecule has 2 aromatic rings. The largest absolute Gasteiger partial charge is 0.456 e. The number of benzene rings is 2. The van der Waals surface area contributed by atoms with Gasteiger partial charge in [0.1, 0.15) is 16.4 Å². The van der Waals surface area contributed by atoms with Gasteiger partial charge in [0.2, 0.25) is 0 Å². The van der Waals surface area contributed by atoms with Crippen molar-refractivity contribution in [3.8, 4) is 11.5 Å². The number of aliphatic hydroxyl groups is 1. The van der Waals surface area contributed by atoms with Gasteiger partial charge in [-0.25, -0.2) is 8.42 Å². The van der Waals surface area contributed by atoms with Crippen molar-refractivity contribution in [2.75, 3.05) is 6.26 Å². The van der Waals surface area contributed by atoms with Crippen LogP contribution in [0.3, 0.4) is 0 Å². The van der Waals surface area contributed by atoms with Gasteiger partial charge in [0.15, 0.2) is 9.84 Å². The first kappa shape index (κ1) is 14.8. The third-order valence-corrected chi connectivity index (χ3v) is 4.00. The van der Waals surface area contributed by atoms with Gasteiger partial charge in [0.25, 0.3) is 0 Å². The van der Waals surface area contributed by atoms with Crippen LogP contribution in [0.25, 0.3) is 0 Å². The lowest BCUT2D eigenvalue weighted by atomic mass is 10.2. The van der Waals surface area contributed by atoms with E-state index in [0.29, 0.717) is 16.3 Å². The van der Waals surface area contributed by atoms with Gasteiger partial charge in [-0.2, -0.15) is 0 Å². The summed E-state index contributed by atoms with van der Waals surface area (Å²) >= 11 is 5.78. The quantitative estimate of drug-likeness (QED) is 0.942. The summed E-state index contributed by atoms with van der Waals surface area (Å²) in [6, 6.07) is 11.1. The van der Waals surface area contributed by atoms with Crippen molar-refractivity contribution < 1.29 is 18.3 Å². The molecule has 0 aliphatic heterocycles. The van der Waals surface area contributed by atoms with E-state index >= 15 is 0 Å². The number of hydrogen-bond acceptors (Lipinski definition) is 4. The lowest BCUT2D eigenvalue weighted by Gasteiger charge is -2.11. The monoisotopic (exact) mass is 312 g/mol. The Morgan fingerprint density at radius 2 is 1.80 bits per heavy atom. The summed E-state index contributed by atoms with van der Waals surface area (Å²) in [6.07, 6.45) is 1.10. The predicted molar refractivity (Wildman–Crippen MR) is 77.0 cm³/mol. The zero-order chi connectivity index (χ0) is 14.8. The van der Waals surface area contributed by atoms with Gasteiger partial charge >= 0.3 is 0 Å². The number of sulfone groups is 1. The molecular formula is C14H13ClO4S. The molecule has 2 aromatic carbocycles. The topological polar surface area (TPSA) is 63.6 Å². The molecule has 106 valence electrons. The molecule has 0 unspecified atom stereocenters. The molecule has 0 aromatic heterocycles. The fourth-order valence-electron chi connectivity index (χ4n) is 1.65. The number of halogens is 1. The number of rotatable bonds is 4. The van der Waals surface area contributed by atoms with E-state index in [-0.39, 0.29) is 17.3 Å². The van der Waals surface area contributed by atoms with Crippen LogP contribution in [-0.2, 0) is 16.4 Å². The van der Waals surface area contributed by atoms with E-state index in [1.165, 1.54) is 12.1 Å². The summed E-state index contributed by atoms with van der Waals surface area (Å²) in [7, 11) is -3.46. The summed E-state index contributed by atoms with van der Waals surface area (Å²) < 4.78 is 29.1. The zero-order valence-electron chi connectivity index (χ0n) is 10.7. The van der Waals surface area contributed by atoms with Crippen LogP contribution in [0.15, 0.2) is 47.4 Å². The van der Waals surface area contributed by atoms with Crippen LogP contribution in [-0.4, -0.2) is 19.8 Å². The zero-order valence-corrected chi connectivity index (χ0v) is 12.3. The lowest BCUT2D eigenvalue weighted by Crippen LogP contribution is -2.01. The number of aliphatic hydroxyl groups excluding tert-OH is 1. The summed E-state index contributed by atoms with van der Waals surface area (Å²) in [5.41, 5.74) is 0.508. The molecule has 20 heavy (non-hydrogen) atoms. The minimum Gasteiger partial charge on any atom is -0.456 e. The van der Waals surface area contributed by atoms with E-state index in [0.717, 1.165) is 6.26 Å². The average molecular weight is 313 g/mol. The van der Waals surface area contributed by atoms with Crippen molar-refractivity contribution in [2.45, 2.75) is 11.5 Å². The molecule has 2 rings (SSSR count). The molecule has 0 saturated heterocycles. The van der Waals surface area contributed by atoms with Gasteiger partial charge in [-0.3, -0.25) is 0 Å². The fourth-order valence-corrected chi connectivity index (χ4v) is 2.62. The Kier molecular flexibility index (Phi) is 4.32. The van der Waals surface area contributed by atoms with Gasteiger partial charge in [-0.15, -0.1) is 0 Å². The van der Waals surface area contributed by atoms with Crippen molar-refractivity contribution in [2.24, 2.45) is 0 Å². The van der Waals surface area contributed by atoms with Crippen molar-refractivity contribution in [1.29, 1.82) is 0 Å². The number of ether oxygens (including phenoxy) is 1. The first-order chi connectivity index (χ1) is 9.40. The average Bonchev–Trinajstić information content (AvgIpc) is 2.40. The fraction of sp³-hybridized carbons (Fsp3) is 0.143. The van der Waals surface area contributed by atoms with E-state index in [1.807, 2.05) is 0 Å². The second-order valence-electron chi connectivity index (χ2n) is 4.27. The van der Waals surface area contributed by atoms with Crippen LogP contribution in [0.4, 0.5) is 0 Å². The Morgan fingerprint density at radius 3 is 2.35 bits per heavy atom. The maximum atomic E-state index is 11.8. The molecule has 4 nitrogen and oxygen atoms in total. The third kappa shape index (κ3) is 3.50.